The molecule has 0 unspecified atom stereocenters. The van der Waals surface area contributed by atoms with Gasteiger partial charge >= 0.3 is 11.9 Å². The van der Waals surface area contributed by atoms with Crippen molar-refractivity contribution in [1.82, 2.24) is 0 Å². The van der Waals surface area contributed by atoms with Crippen LogP contribution in [0.3, 0.4) is 0 Å². The van der Waals surface area contributed by atoms with Gasteiger partial charge in [-0.25, -0.2) is 4.79 Å². The molecule has 1 aromatic carbocycles. The molecule has 0 aliphatic heterocycles. The van der Waals surface area contributed by atoms with Crippen LogP contribution in [0.4, 0.5) is 0 Å². The van der Waals surface area contributed by atoms with Crippen molar-refractivity contribution in [1.29, 1.82) is 0 Å². The van der Waals surface area contributed by atoms with Crippen molar-refractivity contribution in [2.45, 2.75) is 25.2 Å². The number of ketones is 1. The number of esters is 1. The second-order valence-electron chi connectivity index (χ2n) is 5.20. The molecule has 0 saturated carbocycles. The van der Waals surface area contributed by atoms with Crippen molar-refractivity contribution in [3.63, 3.8) is 0 Å². The summed E-state index contributed by atoms with van der Waals surface area (Å²) in [5.41, 5.74) is 0.462. The Labute approximate surface area is 162 Å². The van der Waals surface area contributed by atoms with Gasteiger partial charge in [0.1, 0.15) is 5.71 Å². The first-order chi connectivity index (χ1) is 13.0. The van der Waals surface area contributed by atoms with Crippen molar-refractivity contribution >= 4 is 35.2 Å². The van der Waals surface area contributed by atoms with Crippen molar-refractivity contribution in [3.05, 3.63) is 42.5 Å². The van der Waals surface area contributed by atoms with Crippen LogP contribution < -0.4 is 0 Å². The van der Waals surface area contributed by atoms with E-state index in [1.807, 2.05) is 0 Å². The third-order valence-corrected chi connectivity index (χ3v) is 4.06. The van der Waals surface area contributed by atoms with Crippen LogP contribution in [0.5, 0.6) is 0 Å². The first-order valence-corrected chi connectivity index (χ1v) is 9.32. The Hall–Kier alpha value is -2.45. The lowest BCUT2D eigenvalue weighted by molar-refractivity contribution is -0.144. The minimum Gasteiger partial charge on any atom is -0.465 e. The van der Waals surface area contributed by atoms with Gasteiger partial charge in [-0.15, -0.1) is 18.3 Å². The van der Waals surface area contributed by atoms with Crippen molar-refractivity contribution < 1.29 is 28.7 Å². The highest BCUT2D eigenvalue weighted by molar-refractivity contribution is 8.00. The van der Waals surface area contributed by atoms with Gasteiger partial charge in [-0.1, -0.05) is 11.2 Å². The number of ether oxygens (including phenoxy) is 2. The molecule has 0 aromatic heterocycles. The number of hydrogen-bond acceptors (Lipinski definition) is 8. The van der Waals surface area contributed by atoms with E-state index in [9.17, 15) is 14.4 Å². The standard InChI is InChI=1S/C19H23NO6S/c1-4-11-24-12-10-17(21)26-20-14(3)19(23)15-6-8-16(9-7-15)27-13-18(22)25-5-2/h4,6-9H,1,5,10-13H2,2-3H3/b20-14+. The molecule has 0 spiro atoms. The van der Waals surface area contributed by atoms with Crippen LogP contribution in [-0.2, 0) is 23.9 Å². The lowest BCUT2D eigenvalue weighted by atomic mass is 10.1. The smallest absolute Gasteiger partial charge is 0.337 e. The number of oxime groups is 1. The summed E-state index contributed by atoms with van der Waals surface area (Å²) in [7, 11) is 0. The molecule has 0 amide bonds. The Bertz CT molecular complexity index is 684. The second-order valence-corrected chi connectivity index (χ2v) is 6.25. The number of thioether (sulfide) groups is 1. The molecule has 146 valence electrons. The van der Waals surface area contributed by atoms with E-state index in [2.05, 4.69) is 11.7 Å². The highest BCUT2D eigenvalue weighted by Gasteiger charge is 2.12. The molecule has 0 bridgehead atoms. The van der Waals surface area contributed by atoms with Crippen molar-refractivity contribution in [2.24, 2.45) is 5.16 Å². The van der Waals surface area contributed by atoms with E-state index in [1.54, 1.807) is 37.3 Å². The summed E-state index contributed by atoms with van der Waals surface area (Å²) in [5.74, 6) is -1.03. The van der Waals surface area contributed by atoms with Gasteiger partial charge < -0.3 is 14.3 Å². The Morgan fingerprint density at radius 2 is 1.89 bits per heavy atom. The monoisotopic (exact) mass is 393 g/mol. The van der Waals surface area contributed by atoms with Gasteiger partial charge in [0, 0.05) is 10.5 Å². The summed E-state index contributed by atoms with van der Waals surface area (Å²) >= 11 is 1.32. The largest absolute Gasteiger partial charge is 0.465 e. The molecule has 7 nitrogen and oxygen atoms in total. The minimum atomic E-state index is -0.586. The molecule has 0 aliphatic rings. The third-order valence-electron chi connectivity index (χ3n) is 3.08. The van der Waals surface area contributed by atoms with Crippen LogP contribution in [0.2, 0.25) is 0 Å². The molecule has 1 rings (SSSR count). The SMILES string of the molecule is C=CCOCCC(=O)O/N=C(\C)C(=O)c1ccc(SCC(=O)OCC)cc1. The highest BCUT2D eigenvalue weighted by atomic mass is 32.2. The predicted molar refractivity (Wildman–Crippen MR) is 103 cm³/mol. The Morgan fingerprint density at radius 3 is 2.52 bits per heavy atom. The molecule has 8 heteroatoms. The van der Waals surface area contributed by atoms with E-state index in [4.69, 9.17) is 14.3 Å². The molecule has 0 saturated heterocycles. The average Bonchev–Trinajstić information content (AvgIpc) is 2.68. The highest BCUT2D eigenvalue weighted by Crippen LogP contribution is 2.19. The Morgan fingerprint density at radius 1 is 1.19 bits per heavy atom. The maximum atomic E-state index is 12.3. The summed E-state index contributed by atoms with van der Waals surface area (Å²) in [6, 6.07) is 6.71. The summed E-state index contributed by atoms with van der Waals surface area (Å²) in [6.45, 7) is 7.60. The molecule has 0 N–H and O–H groups in total. The van der Waals surface area contributed by atoms with Gasteiger partial charge in [-0.2, -0.15) is 0 Å². The van der Waals surface area contributed by atoms with E-state index in [0.717, 1.165) is 4.90 Å². The summed E-state index contributed by atoms with van der Waals surface area (Å²) in [5, 5.41) is 3.58. The molecule has 0 fully saturated rings. The Kier molecular flexibility index (Phi) is 10.7. The lowest BCUT2D eigenvalue weighted by Gasteiger charge is -2.04. The van der Waals surface area contributed by atoms with Crippen molar-refractivity contribution in [2.75, 3.05) is 25.6 Å². The van der Waals surface area contributed by atoms with Crippen LogP contribution in [0, 0.1) is 0 Å². The zero-order valence-electron chi connectivity index (χ0n) is 15.4. The van der Waals surface area contributed by atoms with E-state index in [1.165, 1.54) is 18.7 Å². The first-order valence-electron chi connectivity index (χ1n) is 8.34. The first kappa shape index (κ1) is 22.6. The van der Waals surface area contributed by atoms with E-state index in [0.29, 0.717) is 18.8 Å². The fraction of sp³-hybridized carbons (Fsp3) is 0.368. The van der Waals surface area contributed by atoms with Crippen LogP contribution in [0.15, 0.2) is 47.0 Å². The number of benzene rings is 1. The average molecular weight is 393 g/mol. The molecule has 0 heterocycles. The summed E-state index contributed by atoms with van der Waals surface area (Å²) < 4.78 is 9.93. The maximum absolute atomic E-state index is 12.3. The molecular formula is C19H23NO6S. The van der Waals surface area contributed by atoms with Crippen LogP contribution >= 0.6 is 11.8 Å². The number of nitrogens with zero attached hydrogens (tertiary/aromatic N) is 1. The number of rotatable bonds is 12. The fourth-order valence-electron chi connectivity index (χ4n) is 1.78. The number of Topliss-reactive ketones (excluding diaryl/α,β-unsaturated/α-hetero) is 1. The van der Waals surface area contributed by atoms with Gasteiger partial charge in [0.2, 0.25) is 5.78 Å². The van der Waals surface area contributed by atoms with E-state index < -0.39 is 5.97 Å². The molecular weight excluding hydrogens is 370 g/mol. The number of hydrogen-bond donors (Lipinski definition) is 0. The third kappa shape index (κ3) is 9.16. The quantitative estimate of drug-likeness (QED) is 0.0788. The molecule has 0 aliphatic carbocycles. The zero-order chi connectivity index (χ0) is 20.1. The Balaban J connectivity index is 2.51. The normalized spacial score (nSPS) is 11.0. The van der Waals surface area contributed by atoms with E-state index in [-0.39, 0.29) is 36.2 Å². The van der Waals surface area contributed by atoms with Crippen LogP contribution in [0.1, 0.15) is 30.6 Å². The summed E-state index contributed by atoms with van der Waals surface area (Å²) in [6.07, 6.45) is 1.61. The van der Waals surface area contributed by atoms with Gasteiger partial charge in [-0.05, 0) is 38.1 Å². The van der Waals surface area contributed by atoms with E-state index >= 15 is 0 Å². The molecule has 0 radical (unpaired) electrons. The lowest BCUT2D eigenvalue weighted by Crippen LogP contribution is -2.13. The van der Waals surface area contributed by atoms with Gasteiger partial charge in [0.05, 0.1) is 32.0 Å². The number of carbonyl (C=O) groups excluding carboxylic acids is 3. The van der Waals surface area contributed by atoms with Gasteiger partial charge in [0.15, 0.2) is 0 Å². The van der Waals surface area contributed by atoms with Gasteiger partial charge in [0.25, 0.3) is 0 Å². The minimum absolute atomic E-state index is 0.0329. The van der Waals surface area contributed by atoms with Crippen LogP contribution in [-0.4, -0.2) is 49.0 Å². The second kappa shape index (κ2) is 12.8. The topological polar surface area (TPSA) is 91.3 Å². The molecule has 0 atom stereocenters. The fourth-order valence-corrected chi connectivity index (χ4v) is 2.48. The number of carbonyl (C=O) groups is 3. The van der Waals surface area contributed by atoms with Gasteiger partial charge in [-0.3, -0.25) is 9.59 Å². The van der Waals surface area contributed by atoms with Crippen LogP contribution in [0.25, 0.3) is 0 Å². The maximum Gasteiger partial charge on any atom is 0.337 e. The van der Waals surface area contributed by atoms with Crippen molar-refractivity contribution in [3.8, 4) is 0 Å². The predicted octanol–water partition coefficient (Wildman–Crippen LogP) is 3.04. The zero-order valence-corrected chi connectivity index (χ0v) is 16.3. The summed E-state index contributed by atoms with van der Waals surface area (Å²) in [4.78, 5) is 40.7. The molecule has 1 aromatic rings. The molecule has 27 heavy (non-hydrogen) atoms.